The van der Waals surface area contributed by atoms with Gasteiger partial charge in [0.2, 0.25) is 0 Å². The van der Waals surface area contributed by atoms with E-state index in [1.165, 1.54) is 0 Å². The number of aromatic nitrogens is 3. The van der Waals surface area contributed by atoms with Crippen molar-refractivity contribution in [1.29, 1.82) is 5.26 Å². The third-order valence-electron chi connectivity index (χ3n) is 2.98. The predicted molar refractivity (Wildman–Crippen MR) is 81.5 cm³/mol. The van der Waals surface area contributed by atoms with Gasteiger partial charge in [-0.15, -0.1) is 5.10 Å². The van der Waals surface area contributed by atoms with Gasteiger partial charge in [-0.1, -0.05) is 46.6 Å². The van der Waals surface area contributed by atoms with E-state index in [0.717, 1.165) is 5.69 Å². The van der Waals surface area contributed by atoms with Crippen molar-refractivity contribution in [2.75, 3.05) is 0 Å². The molecule has 21 heavy (non-hydrogen) atoms. The molecular formula is C15H8Cl2N4. The molecule has 0 unspecified atom stereocenters. The number of hydrogen-bond donors (Lipinski definition) is 0. The Kier molecular flexibility index (Phi) is 3.61. The molecule has 0 radical (unpaired) electrons. The van der Waals surface area contributed by atoms with Gasteiger partial charge in [-0.25, -0.2) is 4.68 Å². The topological polar surface area (TPSA) is 54.5 Å². The molecule has 4 nitrogen and oxygen atoms in total. The van der Waals surface area contributed by atoms with Crippen LogP contribution in [0.15, 0.2) is 48.5 Å². The summed E-state index contributed by atoms with van der Waals surface area (Å²) in [4.78, 5) is 0. The summed E-state index contributed by atoms with van der Waals surface area (Å²) in [7, 11) is 0. The fraction of sp³-hybridized carbons (Fsp3) is 0. The van der Waals surface area contributed by atoms with Crippen LogP contribution < -0.4 is 0 Å². The van der Waals surface area contributed by atoms with E-state index in [9.17, 15) is 5.26 Å². The Balaban J connectivity index is 2.25. The lowest BCUT2D eigenvalue weighted by Crippen LogP contribution is -2.00. The Bertz CT molecular complexity index is 832. The fourth-order valence-corrected chi connectivity index (χ4v) is 2.37. The highest BCUT2D eigenvalue weighted by molar-refractivity contribution is 6.33. The zero-order chi connectivity index (χ0) is 14.8. The molecule has 0 aliphatic carbocycles. The summed E-state index contributed by atoms with van der Waals surface area (Å²) in [5, 5.41) is 18.4. The van der Waals surface area contributed by atoms with Crippen LogP contribution in [-0.4, -0.2) is 15.0 Å². The average Bonchev–Trinajstić information content (AvgIpc) is 2.92. The van der Waals surface area contributed by atoms with Crippen molar-refractivity contribution in [2.45, 2.75) is 0 Å². The molecule has 2 aromatic carbocycles. The molecule has 0 aliphatic rings. The quantitative estimate of drug-likeness (QED) is 0.715. The zero-order valence-corrected chi connectivity index (χ0v) is 12.2. The lowest BCUT2D eigenvalue weighted by atomic mass is 10.1. The Hall–Kier alpha value is -2.35. The molecule has 0 atom stereocenters. The second-order valence-corrected chi connectivity index (χ2v) is 5.11. The first-order chi connectivity index (χ1) is 10.2. The monoisotopic (exact) mass is 314 g/mol. The third-order valence-corrected chi connectivity index (χ3v) is 3.56. The molecule has 0 saturated carbocycles. The Morgan fingerprint density at radius 3 is 2.38 bits per heavy atom. The molecule has 3 rings (SSSR count). The number of benzene rings is 2. The van der Waals surface area contributed by atoms with Crippen LogP contribution in [0.5, 0.6) is 0 Å². The van der Waals surface area contributed by atoms with Gasteiger partial charge in [-0.05, 0) is 30.3 Å². The molecule has 6 heteroatoms. The van der Waals surface area contributed by atoms with Crippen LogP contribution in [0.1, 0.15) is 5.69 Å². The van der Waals surface area contributed by atoms with Gasteiger partial charge in [0.25, 0.3) is 0 Å². The molecule has 0 fully saturated rings. The van der Waals surface area contributed by atoms with E-state index in [1.807, 2.05) is 24.3 Å². The van der Waals surface area contributed by atoms with Crippen LogP contribution in [0.4, 0.5) is 0 Å². The van der Waals surface area contributed by atoms with Crippen LogP contribution in [0.2, 0.25) is 10.0 Å². The Morgan fingerprint density at radius 1 is 1.00 bits per heavy atom. The minimum Gasteiger partial charge on any atom is -0.211 e. The number of nitrogens with zero attached hydrogens (tertiary/aromatic N) is 4. The molecule has 0 bridgehead atoms. The summed E-state index contributed by atoms with van der Waals surface area (Å²) in [5.41, 5.74) is 2.24. The van der Waals surface area contributed by atoms with E-state index >= 15 is 0 Å². The summed E-state index contributed by atoms with van der Waals surface area (Å²) in [5.74, 6) is 0. The van der Waals surface area contributed by atoms with E-state index in [2.05, 4.69) is 10.3 Å². The van der Waals surface area contributed by atoms with Gasteiger partial charge in [0.05, 0.1) is 10.7 Å². The largest absolute Gasteiger partial charge is 0.211 e. The van der Waals surface area contributed by atoms with Crippen molar-refractivity contribution in [3.05, 3.63) is 64.3 Å². The smallest absolute Gasteiger partial charge is 0.191 e. The Labute approximate surface area is 131 Å². The van der Waals surface area contributed by atoms with Crippen molar-refractivity contribution in [2.24, 2.45) is 0 Å². The van der Waals surface area contributed by atoms with Crippen molar-refractivity contribution in [3.63, 3.8) is 0 Å². The minimum absolute atomic E-state index is 0.220. The van der Waals surface area contributed by atoms with Crippen LogP contribution in [-0.2, 0) is 0 Å². The van der Waals surface area contributed by atoms with Crippen LogP contribution >= 0.6 is 23.2 Å². The summed E-state index contributed by atoms with van der Waals surface area (Å²) < 4.78 is 1.58. The summed E-state index contributed by atoms with van der Waals surface area (Å²) in [6, 6.07) is 16.4. The minimum atomic E-state index is 0.220. The van der Waals surface area contributed by atoms with E-state index < -0.39 is 0 Å². The first-order valence-electron chi connectivity index (χ1n) is 6.07. The third kappa shape index (κ3) is 2.49. The van der Waals surface area contributed by atoms with E-state index in [0.29, 0.717) is 21.3 Å². The van der Waals surface area contributed by atoms with Gasteiger partial charge >= 0.3 is 0 Å². The molecule has 1 heterocycles. The van der Waals surface area contributed by atoms with Crippen molar-refractivity contribution >= 4 is 23.2 Å². The zero-order valence-electron chi connectivity index (χ0n) is 10.7. The molecule has 0 spiro atoms. The van der Waals surface area contributed by atoms with Crippen molar-refractivity contribution in [1.82, 2.24) is 15.0 Å². The van der Waals surface area contributed by atoms with Crippen LogP contribution in [0, 0.1) is 11.3 Å². The highest BCUT2D eigenvalue weighted by Gasteiger charge is 2.18. The molecule has 0 amide bonds. The summed E-state index contributed by atoms with van der Waals surface area (Å²) >= 11 is 12.1. The average molecular weight is 315 g/mol. The maximum atomic E-state index is 9.24. The molecule has 3 aromatic rings. The van der Waals surface area contributed by atoms with Gasteiger partial charge in [-0.2, -0.15) is 5.26 Å². The van der Waals surface area contributed by atoms with Gasteiger partial charge in [-0.3, -0.25) is 0 Å². The molecule has 1 aromatic heterocycles. The Morgan fingerprint density at radius 2 is 1.71 bits per heavy atom. The SMILES string of the molecule is N#Cc1nnn(-c2ccc(Cl)cc2)c1-c1ccccc1Cl. The van der Waals surface area contributed by atoms with Crippen molar-refractivity contribution < 1.29 is 0 Å². The maximum Gasteiger partial charge on any atom is 0.191 e. The maximum absolute atomic E-state index is 9.24. The van der Waals surface area contributed by atoms with Gasteiger partial charge in [0.15, 0.2) is 5.69 Å². The first kappa shape index (κ1) is 13.6. The molecule has 0 N–H and O–H groups in total. The van der Waals surface area contributed by atoms with Gasteiger partial charge in [0, 0.05) is 10.6 Å². The highest BCUT2D eigenvalue weighted by atomic mass is 35.5. The lowest BCUT2D eigenvalue weighted by Gasteiger charge is -2.08. The number of hydrogen-bond acceptors (Lipinski definition) is 3. The summed E-state index contributed by atoms with van der Waals surface area (Å²) in [6.45, 7) is 0. The van der Waals surface area contributed by atoms with Gasteiger partial charge < -0.3 is 0 Å². The van der Waals surface area contributed by atoms with Gasteiger partial charge in [0.1, 0.15) is 11.8 Å². The molecule has 0 saturated heterocycles. The normalized spacial score (nSPS) is 10.3. The van der Waals surface area contributed by atoms with E-state index in [4.69, 9.17) is 23.2 Å². The molecule has 102 valence electrons. The first-order valence-corrected chi connectivity index (χ1v) is 6.83. The summed E-state index contributed by atoms with van der Waals surface area (Å²) in [6.07, 6.45) is 0. The molecular weight excluding hydrogens is 307 g/mol. The van der Waals surface area contributed by atoms with E-state index in [-0.39, 0.29) is 5.69 Å². The van der Waals surface area contributed by atoms with Crippen LogP contribution in [0.25, 0.3) is 16.9 Å². The van der Waals surface area contributed by atoms with E-state index in [1.54, 1.807) is 35.0 Å². The number of nitriles is 1. The fourth-order valence-electron chi connectivity index (χ4n) is 2.02. The standard InChI is InChI=1S/C15H8Cl2N4/c16-10-5-7-11(8-6-10)21-15(14(9-18)19-20-21)12-3-1-2-4-13(12)17/h1-8H. The number of rotatable bonds is 2. The van der Waals surface area contributed by atoms with Crippen molar-refractivity contribution in [3.8, 4) is 23.0 Å². The van der Waals surface area contributed by atoms with Crippen LogP contribution in [0.3, 0.4) is 0 Å². The second kappa shape index (κ2) is 5.57. The number of halogens is 2. The second-order valence-electron chi connectivity index (χ2n) is 4.27. The highest BCUT2D eigenvalue weighted by Crippen LogP contribution is 2.31. The lowest BCUT2D eigenvalue weighted by molar-refractivity contribution is 0.807. The molecule has 0 aliphatic heterocycles. The predicted octanol–water partition coefficient (Wildman–Crippen LogP) is 4.11.